The molecule has 130 valence electrons. The Balaban J connectivity index is 2.41. The summed E-state index contributed by atoms with van der Waals surface area (Å²) in [6.45, 7) is 13.2. The average Bonchev–Trinajstić information content (AvgIpc) is 2.53. The van der Waals surface area contributed by atoms with Crippen LogP contribution in [-0.2, 0) is 16.1 Å². The first-order chi connectivity index (χ1) is 11.5. The van der Waals surface area contributed by atoms with Crippen LogP contribution in [0.5, 0.6) is 0 Å². The third kappa shape index (κ3) is 4.21. The van der Waals surface area contributed by atoms with Gasteiger partial charge in [0, 0.05) is 18.7 Å². The predicted molar refractivity (Wildman–Crippen MR) is 93.4 cm³/mol. The van der Waals surface area contributed by atoms with E-state index in [2.05, 4.69) is 23.0 Å². The summed E-state index contributed by atoms with van der Waals surface area (Å²) in [5.41, 5.74) is 1.23. The summed E-state index contributed by atoms with van der Waals surface area (Å²) in [6.07, 6.45) is 3.27. The van der Waals surface area contributed by atoms with Crippen molar-refractivity contribution in [2.75, 3.05) is 24.6 Å². The van der Waals surface area contributed by atoms with E-state index in [9.17, 15) is 9.90 Å². The first-order valence-corrected chi connectivity index (χ1v) is 7.95. The molecule has 0 aliphatic carbocycles. The molecule has 0 bridgehead atoms. The van der Waals surface area contributed by atoms with E-state index in [0.29, 0.717) is 36.8 Å². The Bertz CT molecular complexity index is 620. The maximum Gasteiger partial charge on any atom is 0.336 e. The molecule has 1 aromatic heterocycles. The molecule has 1 saturated heterocycles. The zero-order valence-corrected chi connectivity index (χ0v) is 14.2. The molecule has 2 heterocycles. The zero-order chi connectivity index (χ0) is 17.7. The van der Waals surface area contributed by atoms with Crippen LogP contribution >= 0.6 is 0 Å². The van der Waals surface area contributed by atoms with Crippen molar-refractivity contribution in [1.29, 1.82) is 0 Å². The van der Waals surface area contributed by atoms with Crippen molar-refractivity contribution in [2.24, 2.45) is 0 Å². The molecular formula is C18H24N2O4. The van der Waals surface area contributed by atoms with Gasteiger partial charge < -0.3 is 19.5 Å². The number of morpholine rings is 1. The molecule has 0 aromatic carbocycles. The van der Waals surface area contributed by atoms with Gasteiger partial charge in [0.1, 0.15) is 5.82 Å². The molecule has 1 N–H and O–H groups in total. The van der Waals surface area contributed by atoms with Gasteiger partial charge in [0.15, 0.2) is 0 Å². The standard InChI is InChI=1S/C18H24N2O4/c1-5-7-23-11-16-14(6-2)15(18(21)22)8-17(19-16)20-9-12(3)24-13(4)10-20/h5-6,8,12-13H,1-2,7,9-11H2,3-4H3,(H,21,22)/t12-,13+. The van der Waals surface area contributed by atoms with Gasteiger partial charge in [0.2, 0.25) is 0 Å². The Labute approximate surface area is 142 Å². The topological polar surface area (TPSA) is 71.9 Å². The lowest BCUT2D eigenvalue weighted by Gasteiger charge is -2.36. The van der Waals surface area contributed by atoms with Gasteiger partial charge in [-0.25, -0.2) is 9.78 Å². The van der Waals surface area contributed by atoms with E-state index in [1.807, 2.05) is 13.8 Å². The smallest absolute Gasteiger partial charge is 0.336 e. The van der Waals surface area contributed by atoms with Crippen LogP contribution in [0, 0.1) is 0 Å². The molecular weight excluding hydrogens is 308 g/mol. The van der Waals surface area contributed by atoms with Crippen LogP contribution < -0.4 is 4.90 Å². The minimum absolute atomic E-state index is 0.0587. The minimum atomic E-state index is -1.01. The number of carboxylic acid groups (broad SMARTS) is 1. The molecule has 1 aliphatic rings. The Morgan fingerprint density at radius 1 is 1.46 bits per heavy atom. The monoisotopic (exact) mass is 332 g/mol. The fourth-order valence-corrected chi connectivity index (χ4v) is 2.87. The number of anilines is 1. The summed E-state index contributed by atoms with van der Waals surface area (Å²) in [4.78, 5) is 18.3. The first kappa shape index (κ1) is 18.2. The molecule has 0 radical (unpaired) electrons. The second kappa shape index (κ2) is 8.08. The number of rotatable bonds is 7. The van der Waals surface area contributed by atoms with E-state index >= 15 is 0 Å². The van der Waals surface area contributed by atoms with Crippen LogP contribution in [0.25, 0.3) is 6.08 Å². The number of pyridine rings is 1. The molecule has 0 saturated carbocycles. The second-order valence-electron chi connectivity index (χ2n) is 5.86. The van der Waals surface area contributed by atoms with Gasteiger partial charge >= 0.3 is 5.97 Å². The molecule has 6 heteroatoms. The minimum Gasteiger partial charge on any atom is -0.478 e. The van der Waals surface area contributed by atoms with Gasteiger partial charge in [-0.2, -0.15) is 0 Å². The molecule has 6 nitrogen and oxygen atoms in total. The number of hydrogen-bond donors (Lipinski definition) is 1. The van der Waals surface area contributed by atoms with Gasteiger partial charge in [-0.15, -0.1) is 6.58 Å². The van der Waals surface area contributed by atoms with Crippen molar-refractivity contribution < 1.29 is 19.4 Å². The highest BCUT2D eigenvalue weighted by molar-refractivity contribution is 5.93. The van der Waals surface area contributed by atoms with Crippen molar-refractivity contribution >= 4 is 17.9 Å². The van der Waals surface area contributed by atoms with Gasteiger partial charge in [-0.05, 0) is 19.9 Å². The van der Waals surface area contributed by atoms with E-state index in [0.717, 1.165) is 0 Å². The Hall–Kier alpha value is -2.18. The van der Waals surface area contributed by atoms with Crippen LogP contribution in [0.4, 0.5) is 5.82 Å². The molecule has 2 atom stereocenters. The Morgan fingerprint density at radius 2 is 2.12 bits per heavy atom. The number of carbonyl (C=O) groups is 1. The van der Waals surface area contributed by atoms with E-state index in [-0.39, 0.29) is 24.4 Å². The quantitative estimate of drug-likeness (QED) is 0.611. The molecule has 1 fully saturated rings. The Morgan fingerprint density at radius 3 is 2.67 bits per heavy atom. The third-order valence-electron chi connectivity index (χ3n) is 3.78. The summed E-state index contributed by atoms with van der Waals surface area (Å²) in [5, 5.41) is 9.54. The molecule has 0 spiro atoms. The van der Waals surface area contributed by atoms with Crippen LogP contribution in [0.3, 0.4) is 0 Å². The second-order valence-corrected chi connectivity index (χ2v) is 5.86. The summed E-state index contributed by atoms with van der Waals surface area (Å²) >= 11 is 0. The van der Waals surface area contributed by atoms with Crippen molar-refractivity contribution in [3.05, 3.63) is 42.1 Å². The van der Waals surface area contributed by atoms with Gasteiger partial charge in [-0.3, -0.25) is 0 Å². The van der Waals surface area contributed by atoms with Crippen LogP contribution in [0.2, 0.25) is 0 Å². The number of aromatic carboxylic acids is 1. The average molecular weight is 332 g/mol. The van der Waals surface area contributed by atoms with Crippen molar-refractivity contribution in [1.82, 2.24) is 4.98 Å². The van der Waals surface area contributed by atoms with Crippen molar-refractivity contribution in [3.8, 4) is 0 Å². The SMILES string of the molecule is C=CCOCc1nc(N2C[C@@H](C)O[C@@H](C)C2)cc(C(=O)O)c1C=C. The number of aromatic nitrogens is 1. The highest BCUT2D eigenvalue weighted by Gasteiger charge is 2.25. The first-order valence-electron chi connectivity index (χ1n) is 7.95. The maximum absolute atomic E-state index is 11.7. The highest BCUT2D eigenvalue weighted by atomic mass is 16.5. The molecule has 1 aliphatic heterocycles. The normalized spacial score (nSPS) is 20.7. The molecule has 2 rings (SSSR count). The molecule has 0 unspecified atom stereocenters. The lowest BCUT2D eigenvalue weighted by atomic mass is 10.1. The third-order valence-corrected chi connectivity index (χ3v) is 3.78. The van der Waals surface area contributed by atoms with Gasteiger partial charge in [0.05, 0.1) is 36.7 Å². The number of nitrogens with zero attached hydrogens (tertiary/aromatic N) is 2. The van der Waals surface area contributed by atoms with Crippen LogP contribution in [0.15, 0.2) is 25.3 Å². The fourth-order valence-electron chi connectivity index (χ4n) is 2.87. The fraction of sp³-hybridized carbons (Fsp3) is 0.444. The largest absolute Gasteiger partial charge is 0.478 e. The van der Waals surface area contributed by atoms with Crippen molar-refractivity contribution in [3.63, 3.8) is 0 Å². The predicted octanol–water partition coefficient (Wildman–Crippen LogP) is 2.74. The number of carboxylic acids is 1. The summed E-state index contributed by atoms with van der Waals surface area (Å²) in [6, 6.07) is 1.60. The molecule has 0 amide bonds. The highest BCUT2D eigenvalue weighted by Crippen LogP contribution is 2.25. The molecule has 24 heavy (non-hydrogen) atoms. The molecule has 1 aromatic rings. The van der Waals surface area contributed by atoms with E-state index in [1.54, 1.807) is 12.1 Å². The summed E-state index contributed by atoms with van der Waals surface area (Å²) in [5.74, 6) is -0.384. The van der Waals surface area contributed by atoms with Crippen molar-refractivity contribution in [2.45, 2.75) is 32.7 Å². The van der Waals surface area contributed by atoms with Gasteiger partial charge in [0.25, 0.3) is 0 Å². The van der Waals surface area contributed by atoms with Crippen LogP contribution in [0.1, 0.15) is 35.5 Å². The van der Waals surface area contributed by atoms with Crippen LogP contribution in [-0.4, -0.2) is 48.0 Å². The Kier molecular flexibility index (Phi) is 6.11. The van der Waals surface area contributed by atoms with E-state index in [1.165, 1.54) is 6.08 Å². The summed E-state index contributed by atoms with van der Waals surface area (Å²) < 4.78 is 11.2. The van der Waals surface area contributed by atoms with E-state index in [4.69, 9.17) is 9.47 Å². The van der Waals surface area contributed by atoms with Gasteiger partial charge in [-0.1, -0.05) is 18.7 Å². The number of ether oxygens (including phenoxy) is 2. The maximum atomic E-state index is 11.7. The lowest BCUT2D eigenvalue weighted by molar-refractivity contribution is -0.00548. The zero-order valence-electron chi connectivity index (χ0n) is 14.2. The number of hydrogen-bond acceptors (Lipinski definition) is 5. The lowest BCUT2D eigenvalue weighted by Crippen LogP contribution is -2.46. The summed E-state index contributed by atoms with van der Waals surface area (Å²) in [7, 11) is 0. The van der Waals surface area contributed by atoms with E-state index < -0.39 is 5.97 Å².